The molecule has 38 heavy (non-hydrogen) atoms. The minimum atomic E-state index is -2.01. The molecule has 7 nitrogen and oxygen atoms in total. The number of benzene rings is 3. The topological polar surface area (TPSA) is 99.1 Å². The van der Waals surface area contributed by atoms with Crippen molar-refractivity contribution in [3.63, 3.8) is 0 Å². The molecule has 0 radical (unpaired) electrons. The highest BCUT2D eigenvalue weighted by atomic mass is 35.5. The molecule has 3 aromatic carbocycles. The van der Waals surface area contributed by atoms with E-state index < -0.39 is 29.8 Å². The molecule has 3 aromatic rings. The van der Waals surface area contributed by atoms with Crippen LogP contribution in [0.15, 0.2) is 66.7 Å². The first-order chi connectivity index (χ1) is 18.3. The van der Waals surface area contributed by atoms with Crippen LogP contribution >= 0.6 is 11.6 Å². The van der Waals surface area contributed by atoms with Crippen molar-refractivity contribution in [2.45, 2.75) is 44.2 Å². The molecule has 0 bridgehead atoms. The van der Waals surface area contributed by atoms with Crippen LogP contribution in [-0.2, 0) is 27.5 Å². The zero-order chi connectivity index (χ0) is 27.2. The van der Waals surface area contributed by atoms with Gasteiger partial charge in [0.15, 0.2) is 12.2 Å². The zero-order valence-corrected chi connectivity index (χ0v) is 21.7. The molecule has 1 heterocycles. The summed E-state index contributed by atoms with van der Waals surface area (Å²) in [5.41, 5.74) is 3.41. The van der Waals surface area contributed by atoms with Crippen LogP contribution < -0.4 is 5.32 Å². The van der Waals surface area contributed by atoms with E-state index in [2.05, 4.69) is 5.32 Å². The number of rotatable bonds is 9. The zero-order valence-electron chi connectivity index (χ0n) is 20.9. The molecular weight excluding hydrogens is 511 g/mol. The number of nitrogens with zero attached hydrogens (tertiary/aromatic N) is 1. The number of halogens is 2. The second-order valence-corrected chi connectivity index (χ2v) is 9.68. The number of methoxy groups -OCH3 is 1. The summed E-state index contributed by atoms with van der Waals surface area (Å²) < 4.78 is 20.1. The van der Waals surface area contributed by atoms with Gasteiger partial charge in [0.25, 0.3) is 11.8 Å². The lowest BCUT2D eigenvalue weighted by Gasteiger charge is -2.28. The Morgan fingerprint density at radius 2 is 1.87 bits per heavy atom. The molecule has 9 heteroatoms. The molecule has 1 unspecified atom stereocenters. The summed E-state index contributed by atoms with van der Waals surface area (Å²) in [6, 6.07) is 18.9. The first kappa shape index (κ1) is 27.7. The van der Waals surface area contributed by atoms with Crippen molar-refractivity contribution >= 4 is 23.4 Å². The predicted molar refractivity (Wildman–Crippen MR) is 142 cm³/mol. The number of hydrogen-bond acceptors (Lipinski definition) is 5. The average molecular weight is 541 g/mol. The third kappa shape index (κ3) is 6.22. The molecule has 3 N–H and O–H groups in total. The van der Waals surface area contributed by atoms with Crippen molar-refractivity contribution in [3.05, 3.63) is 94.3 Å². The molecule has 0 saturated carbocycles. The van der Waals surface area contributed by atoms with Crippen molar-refractivity contribution in [3.8, 4) is 11.1 Å². The minimum absolute atomic E-state index is 0.194. The number of likely N-dealkylation sites (tertiary alicyclic amines) is 1. The number of carbonyl (C=O) groups excluding carboxylic acids is 2. The molecule has 2 amide bonds. The van der Waals surface area contributed by atoms with Crippen LogP contribution in [0.4, 0.5) is 4.39 Å². The third-order valence-electron chi connectivity index (χ3n) is 6.72. The third-order valence-corrected chi connectivity index (χ3v) is 6.96. The van der Waals surface area contributed by atoms with E-state index in [0.717, 1.165) is 16.7 Å². The van der Waals surface area contributed by atoms with Gasteiger partial charge in [0, 0.05) is 30.8 Å². The summed E-state index contributed by atoms with van der Waals surface area (Å²) in [5, 5.41) is 23.8. The van der Waals surface area contributed by atoms with Gasteiger partial charge in [-0.15, -0.1) is 0 Å². The Morgan fingerprint density at radius 1 is 1.08 bits per heavy atom. The van der Waals surface area contributed by atoms with E-state index in [-0.39, 0.29) is 18.2 Å². The van der Waals surface area contributed by atoms with Crippen LogP contribution in [0.3, 0.4) is 0 Å². The lowest BCUT2D eigenvalue weighted by atomic mass is 9.98. The Hall–Kier alpha value is -3.30. The standard InChI is InChI=1S/C29H30ClFN2O5/c1-38-17-21-6-2-3-9-23(21)18-11-12-20(24(31)15-18)16-32-28(36)26(34)27(35)29(37)33-13-5-10-25(33)19-7-4-8-22(30)14-19/h2-4,6-9,11-12,14-15,25-27,34-35H,5,10,13,16-17H2,1H3,(H,32,36)/t25?,26-,27-/m1/s1. The molecule has 1 saturated heterocycles. The van der Waals surface area contributed by atoms with Crippen LogP contribution in [0, 0.1) is 5.82 Å². The van der Waals surface area contributed by atoms with Gasteiger partial charge >= 0.3 is 0 Å². The number of amides is 2. The van der Waals surface area contributed by atoms with Gasteiger partial charge in [-0.1, -0.05) is 60.1 Å². The average Bonchev–Trinajstić information content (AvgIpc) is 3.41. The van der Waals surface area contributed by atoms with E-state index in [1.807, 2.05) is 30.3 Å². The number of ether oxygens (including phenoxy) is 1. The largest absolute Gasteiger partial charge is 0.380 e. The van der Waals surface area contributed by atoms with Crippen molar-refractivity contribution in [2.24, 2.45) is 0 Å². The molecular formula is C29H30ClFN2O5. The van der Waals surface area contributed by atoms with Gasteiger partial charge in [0.2, 0.25) is 0 Å². The van der Waals surface area contributed by atoms with E-state index in [1.165, 1.54) is 11.0 Å². The smallest absolute Gasteiger partial charge is 0.255 e. The fourth-order valence-corrected chi connectivity index (χ4v) is 4.97. The van der Waals surface area contributed by atoms with E-state index >= 15 is 0 Å². The van der Waals surface area contributed by atoms with Gasteiger partial charge in [0.1, 0.15) is 5.82 Å². The van der Waals surface area contributed by atoms with Crippen LogP contribution in [0.25, 0.3) is 11.1 Å². The van der Waals surface area contributed by atoms with E-state index in [9.17, 15) is 24.2 Å². The van der Waals surface area contributed by atoms with E-state index in [1.54, 1.807) is 37.4 Å². The predicted octanol–water partition coefficient (Wildman–Crippen LogP) is 3.99. The van der Waals surface area contributed by atoms with E-state index in [0.29, 0.717) is 36.6 Å². The SMILES string of the molecule is COCc1ccccc1-c1ccc(CNC(=O)[C@H](O)[C@@H](O)C(=O)N2CCCC2c2cccc(Cl)c2)c(F)c1. The van der Waals surface area contributed by atoms with Crippen molar-refractivity contribution < 1.29 is 28.9 Å². The van der Waals surface area contributed by atoms with Crippen molar-refractivity contribution in [1.29, 1.82) is 0 Å². The molecule has 0 aromatic heterocycles. The summed E-state index contributed by atoms with van der Waals surface area (Å²) in [5.74, 6) is -2.26. The number of nitrogens with one attached hydrogen (secondary N) is 1. The normalized spacial score (nSPS) is 16.8. The second-order valence-electron chi connectivity index (χ2n) is 9.25. The summed E-state index contributed by atoms with van der Waals surface area (Å²) in [4.78, 5) is 27.0. The highest BCUT2D eigenvalue weighted by Crippen LogP contribution is 2.33. The molecule has 1 fully saturated rings. The Morgan fingerprint density at radius 3 is 2.61 bits per heavy atom. The minimum Gasteiger partial charge on any atom is -0.380 e. The fraction of sp³-hybridized carbons (Fsp3) is 0.310. The lowest BCUT2D eigenvalue weighted by Crippen LogP contribution is -2.50. The van der Waals surface area contributed by atoms with Crippen molar-refractivity contribution in [1.82, 2.24) is 10.2 Å². The van der Waals surface area contributed by atoms with Gasteiger partial charge in [0.05, 0.1) is 12.6 Å². The number of carbonyl (C=O) groups is 2. The summed E-state index contributed by atoms with van der Waals surface area (Å²) in [6.07, 6.45) is -2.58. The number of hydrogen-bond donors (Lipinski definition) is 3. The summed E-state index contributed by atoms with van der Waals surface area (Å²) in [6.45, 7) is 0.537. The molecule has 4 rings (SSSR count). The Bertz CT molecular complexity index is 1300. The number of aliphatic hydroxyl groups excluding tert-OH is 2. The first-order valence-corrected chi connectivity index (χ1v) is 12.7. The fourth-order valence-electron chi connectivity index (χ4n) is 4.77. The van der Waals surface area contributed by atoms with Crippen molar-refractivity contribution in [2.75, 3.05) is 13.7 Å². The van der Waals surface area contributed by atoms with Crippen LogP contribution in [0.5, 0.6) is 0 Å². The van der Waals surface area contributed by atoms with Crippen LogP contribution in [-0.4, -0.2) is 52.8 Å². The highest BCUT2D eigenvalue weighted by Gasteiger charge is 2.38. The Kier molecular flexibility index (Phi) is 9.12. The molecule has 1 aliphatic heterocycles. The first-order valence-electron chi connectivity index (χ1n) is 12.4. The Balaban J connectivity index is 1.38. The van der Waals surface area contributed by atoms with E-state index in [4.69, 9.17) is 16.3 Å². The molecule has 1 aliphatic rings. The maximum Gasteiger partial charge on any atom is 0.255 e. The lowest BCUT2D eigenvalue weighted by molar-refractivity contribution is -0.153. The Labute approximate surface area is 225 Å². The summed E-state index contributed by atoms with van der Waals surface area (Å²) >= 11 is 6.08. The maximum atomic E-state index is 14.9. The van der Waals surface area contributed by atoms with Gasteiger partial charge in [-0.3, -0.25) is 9.59 Å². The monoisotopic (exact) mass is 540 g/mol. The van der Waals surface area contributed by atoms with Crippen LogP contribution in [0.2, 0.25) is 5.02 Å². The summed E-state index contributed by atoms with van der Waals surface area (Å²) in [7, 11) is 1.59. The maximum absolute atomic E-state index is 14.9. The van der Waals surface area contributed by atoms with Gasteiger partial charge in [-0.05, 0) is 53.3 Å². The van der Waals surface area contributed by atoms with Gasteiger partial charge < -0.3 is 25.2 Å². The molecule has 0 spiro atoms. The molecule has 200 valence electrons. The molecule has 3 atom stereocenters. The quantitative estimate of drug-likeness (QED) is 0.381. The second kappa shape index (κ2) is 12.5. The van der Waals surface area contributed by atoms with Gasteiger partial charge in [-0.2, -0.15) is 0 Å². The molecule has 0 aliphatic carbocycles. The highest BCUT2D eigenvalue weighted by molar-refractivity contribution is 6.30. The van der Waals surface area contributed by atoms with Crippen LogP contribution in [0.1, 0.15) is 35.6 Å². The van der Waals surface area contributed by atoms with Gasteiger partial charge in [-0.25, -0.2) is 4.39 Å². The number of aliphatic hydroxyl groups is 2.